The summed E-state index contributed by atoms with van der Waals surface area (Å²) in [5, 5.41) is 7.46. The third-order valence-electron chi connectivity index (χ3n) is 4.23. The summed E-state index contributed by atoms with van der Waals surface area (Å²) < 4.78 is 40.2. The van der Waals surface area contributed by atoms with Gasteiger partial charge in [-0.25, -0.2) is 0 Å². The van der Waals surface area contributed by atoms with Gasteiger partial charge in [-0.15, -0.1) is 0 Å². The molecule has 1 saturated heterocycles. The van der Waals surface area contributed by atoms with Gasteiger partial charge in [0.1, 0.15) is 6.04 Å². The Labute approximate surface area is 140 Å². The van der Waals surface area contributed by atoms with Crippen LogP contribution in [0.3, 0.4) is 0 Å². The molecule has 0 amide bonds. The van der Waals surface area contributed by atoms with Crippen molar-refractivity contribution in [3.05, 3.63) is 18.0 Å². The summed E-state index contributed by atoms with van der Waals surface area (Å²) in [4.78, 5) is 7.69. The molecule has 2 rings (SSSR count). The fourth-order valence-electron chi connectivity index (χ4n) is 2.73. The molecule has 1 aliphatic rings. The topological polar surface area (TPSA) is 48.7 Å². The maximum atomic E-state index is 12.8. The second kappa shape index (κ2) is 7.87. The van der Waals surface area contributed by atoms with E-state index in [1.54, 1.807) is 13.2 Å². The number of piperazine rings is 1. The molecule has 1 fully saturated rings. The highest BCUT2D eigenvalue weighted by Gasteiger charge is 2.41. The summed E-state index contributed by atoms with van der Waals surface area (Å²) in [6.07, 6.45) is -0.415. The lowest BCUT2D eigenvalue weighted by atomic mass is 10.2. The van der Waals surface area contributed by atoms with E-state index in [4.69, 9.17) is 0 Å². The lowest BCUT2D eigenvalue weighted by molar-refractivity contribution is -0.181. The van der Waals surface area contributed by atoms with E-state index in [0.717, 1.165) is 11.5 Å². The van der Waals surface area contributed by atoms with Crippen LogP contribution in [-0.4, -0.2) is 77.5 Å². The Morgan fingerprint density at radius 1 is 1.33 bits per heavy atom. The summed E-state index contributed by atoms with van der Waals surface area (Å²) in [7, 11) is 1.69. The molecule has 136 valence electrons. The summed E-state index contributed by atoms with van der Waals surface area (Å²) >= 11 is 0. The largest absolute Gasteiger partial charge is 0.403 e. The van der Waals surface area contributed by atoms with Crippen molar-refractivity contribution in [2.45, 2.75) is 32.6 Å². The highest BCUT2D eigenvalue weighted by molar-refractivity contribution is 5.79. The summed E-state index contributed by atoms with van der Waals surface area (Å²) in [5.41, 5.74) is 1.11. The van der Waals surface area contributed by atoms with Gasteiger partial charge in [-0.2, -0.15) is 18.3 Å². The molecular weight excluding hydrogens is 321 g/mol. The number of aromatic nitrogens is 2. The quantitative estimate of drug-likeness (QED) is 0.660. The maximum Gasteiger partial charge on any atom is 0.403 e. The molecule has 1 atom stereocenters. The van der Waals surface area contributed by atoms with Crippen LogP contribution in [0, 0.1) is 6.92 Å². The molecule has 0 saturated carbocycles. The van der Waals surface area contributed by atoms with Crippen LogP contribution in [0.5, 0.6) is 0 Å². The highest BCUT2D eigenvalue weighted by atomic mass is 19.4. The fraction of sp³-hybridized carbons (Fsp3) is 0.733. The number of halogens is 3. The van der Waals surface area contributed by atoms with E-state index < -0.39 is 12.2 Å². The Hall–Kier alpha value is -1.77. The average Bonchev–Trinajstić information content (AvgIpc) is 2.96. The van der Waals surface area contributed by atoms with E-state index in [9.17, 15) is 13.2 Å². The van der Waals surface area contributed by atoms with Crippen molar-refractivity contribution < 1.29 is 13.2 Å². The second-order valence-electron chi connectivity index (χ2n) is 6.00. The normalized spacial score (nSPS) is 18.8. The molecular formula is C15H25F3N6. The summed E-state index contributed by atoms with van der Waals surface area (Å²) in [6, 6.07) is -1.40. The molecule has 0 aromatic carbocycles. The second-order valence-corrected chi connectivity index (χ2v) is 6.00. The van der Waals surface area contributed by atoms with Gasteiger partial charge in [0, 0.05) is 46.0 Å². The number of alkyl halides is 3. The minimum absolute atomic E-state index is 0.375. The zero-order chi connectivity index (χ0) is 17.7. The molecule has 1 N–H and O–H groups in total. The minimum atomic E-state index is -4.18. The number of nitrogens with one attached hydrogen (secondary N) is 1. The highest BCUT2D eigenvalue weighted by Crippen LogP contribution is 2.25. The standard InChI is InChI=1S/C15H25F3N6/c1-12-10-21-24(11-12)5-4-20-14(19-3)23-8-6-22(7-9-23)13(2)15(16,17)18/h10-11,13H,4-9H2,1-3H3,(H,19,20). The van der Waals surface area contributed by atoms with Gasteiger partial charge in [0.05, 0.1) is 12.7 Å². The minimum Gasteiger partial charge on any atom is -0.354 e. The SMILES string of the molecule is CN=C(NCCn1cc(C)cn1)N1CCN(C(C)C(F)(F)F)CC1. The van der Waals surface area contributed by atoms with Gasteiger partial charge in [-0.05, 0) is 19.4 Å². The molecule has 1 unspecified atom stereocenters. The number of rotatable bonds is 4. The van der Waals surface area contributed by atoms with Crippen LogP contribution in [0.15, 0.2) is 17.4 Å². The van der Waals surface area contributed by atoms with Crippen molar-refractivity contribution in [2.24, 2.45) is 4.99 Å². The van der Waals surface area contributed by atoms with Crippen LogP contribution >= 0.6 is 0 Å². The van der Waals surface area contributed by atoms with Gasteiger partial charge >= 0.3 is 6.18 Å². The first-order chi connectivity index (χ1) is 11.3. The van der Waals surface area contributed by atoms with Gasteiger partial charge in [-0.1, -0.05) is 0 Å². The first-order valence-electron chi connectivity index (χ1n) is 8.06. The first kappa shape index (κ1) is 18.6. The van der Waals surface area contributed by atoms with E-state index in [0.29, 0.717) is 39.3 Å². The molecule has 0 bridgehead atoms. The lowest BCUT2D eigenvalue weighted by Gasteiger charge is -2.39. The number of nitrogens with zero attached hydrogens (tertiary/aromatic N) is 5. The maximum absolute atomic E-state index is 12.8. The van der Waals surface area contributed by atoms with E-state index in [2.05, 4.69) is 15.4 Å². The van der Waals surface area contributed by atoms with Crippen LogP contribution in [0.25, 0.3) is 0 Å². The Morgan fingerprint density at radius 3 is 2.50 bits per heavy atom. The number of hydrogen-bond acceptors (Lipinski definition) is 3. The van der Waals surface area contributed by atoms with Crippen molar-refractivity contribution in [1.29, 1.82) is 0 Å². The molecule has 1 aromatic heterocycles. The van der Waals surface area contributed by atoms with E-state index >= 15 is 0 Å². The lowest BCUT2D eigenvalue weighted by Crippen LogP contribution is -2.56. The van der Waals surface area contributed by atoms with Crippen LogP contribution in [0.2, 0.25) is 0 Å². The first-order valence-corrected chi connectivity index (χ1v) is 8.06. The van der Waals surface area contributed by atoms with Gasteiger partial charge in [0.2, 0.25) is 0 Å². The van der Waals surface area contributed by atoms with Gasteiger partial charge in [0.15, 0.2) is 5.96 Å². The molecule has 1 aliphatic heterocycles. The van der Waals surface area contributed by atoms with Gasteiger partial charge < -0.3 is 10.2 Å². The Morgan fingerprint density at radius 2 is 2.00 bits per heavy atom. The number of aliphatic imine (C=N–C) groups is 1. The summed E-state index contributed by atoms with van der Waals surface area (Å²) in [5.74, 6) is 0.721. The van der Waals surface area contributed by atoms with Gasteiger partial charge in [-0.3, -0.25) is 14.6 Å². The van der Waals surface area contributed by atoms with E-state index in [-0.39, 0.29) is 0 Å². The molecule has 0 spiro atoms. The van der Waals surface area contributed by atoms with Crippen molar-refractivity contribution in [1.82, 2.24) is 24.9 Å². The van der Waals surface area contributed by atoms with Crippen molar-refractivity contribution >= 4 is 5.96 Å². The zero-order valence-electron chi connectivity index (χ0n) is 14.3. The Kier molecular flexibility index (Phi) is 6.09. The average molecular weight is 346 g/mol. The molecule has 6 nitrogen and oxygen atoms in total. The molecule has 9 heteroatoms. The predicted molar refractivity (Wildman–Crippen MR) is 87.0 cm³/mol. The Bertz CT molecular complexity index is 546. The van der Waals surface area contributed by atoms with Crippen LogP contribution < -0.4 is 5.32 Å². The third-order valence-corrected chi connectivity index (χ3v) is 4.23. The molecule has 2 heterocycles. The number of hydrogen-bond donors (Lipinski definition) is 1. The Balaban J connectivity index is 1.78. The predicted octanol–water partition coefficient (Wildman–Crippen LogP) is 1.34. The van der Waals surface area contributed by atoms with Crippen LogP contribution in [0.4, 0.5) is 13.2 Å². The van der Waals surface area contributed by atoms with Crippen molar-refractivity contribution in [3.63, 3.8) is 0 Å². The van der Waals surface area contributed by atoms with Crippen LogP contribution in [-0.2, 0) is 6.54 Å². The van der Waals surface area contributed by atoms with Crippen molar-refractivity contribution in [3.8, 4) is 0 Å². The molecule has 0 aliphatic carbocycles. The monoisotopic (exact) mass is 346 g/mol. The molecule has 0 radical (unpaired) electrons. The smallest absolute Gasteiger partial charge is 0.354 e. The molecule has 1 aromatic rings. The van der Waals surface area contributed by atoms with Gasteiger partial charge in [0.25, 0.3) is 0 Å². The van der Waals surface area contributed by atoms with E-state index in [1.165, 1.54) is 11.8 Å². The zero-order valence-corrected chi connectivity index (χ0v) is 14.3. The van der Waals surface area contributed by atoms with E-state index in [1.807, 2.05) is 22.7 Å². The third kappa shape index (κ3) is 4.86. The molecule has 24 heavy (non-hydrogen) atoms. The van der Waals surface area contributed by atoms with Crippen LogP contribution in [0.1, 0.15) is 12.5 Å². The number of guanidine groups is 1. The van der Waals surface area contributed by atoms with Crippen molar-refractivity contribution in [2.75, 3.05) is 39.8 Å². The summed E-state index contributed by atoms with van der Waals surface area (Å²) in [6.45, 7) is 6.37. The fourth-order valence-corrected chi connectivity index (χ4v) is 2.73. The number of aryl methyl sites for hydroxylation is 1.